The average molecular weight is 375 g/mol. The summed E-state index contributed by atoms with van der Waals surface area (Å²) in [5.74, 6) is 0.104. The Morgan fingerprint density at radius 2 is 2.00 bits per heavy atom. The Kier molecular flexibility index (Phi) is 4.62. The minimum absolute atomic E-state index is 0.104. The van der Waals surface area contributed by atoms with Gasteiger partial charge in [-0.1, -0.05) is 47.7 Å². The Balaban J connectivity index is 1.61. The van der Waals surface area contributed by atoms with Gasteiger partial charge in [-0.15, -0.1) is 0 Å². The van der Waals surface area contributed by atoms with Crippen molar-refractivity contribution in [1.82, 2.24) is 14.5 Å². The van der Waals surface area contributed by atoms with E-state index in [4.69, 9.17) is 0 Å². The fourth-order valence-corrected chi connectivity index (χ4v) is 4.29. The molecule has 0 aliphatic heterocycles. The van der Waals surface area contributed by atoms with E-state index in [2.05, 4.69) is 46.6 Å². The van der Waals surface area contributed by atoms with Crippen LogP contribution in [0.1, 0.15) is 28.4 Å². The van der Waals surface area contributed by atoms with E-state index >= 15 is 0 Å². The Labute approximate surface area is 162 Å². The molecule has 2 heterocycles. The van der Waals surface area contributed by atoms with Crippen LogP contribution < -0.4 is 0 Å². The second kappa shape index (κ2) is 7.08. The molecule has 0 bridgehead atoms. The van der Waals surface area contributed by atoms with Crippen LogP contribution in [0.3, 0.4) is 0 Å². The zero-order valence-electron chi connectivity index (χ0n) is 15.6. The van der Waals surface area contributed by atoms with Crippen LogP contribution in [0.15, 0.2) is 66.2 Å². The number of para-hydroxylation sites is 1. The van der Waals surface area contributed by atoms with Gasteiger partial charge in [0.2, 0.25) is 0 Å². The first-order valence-corrected chi connectivity index (χ1v) is 9.80. The fourth-order valence-electron chi connectivity index (χ4n) is 3.34. The van der Waals surface area contributed by atoms with Gasteiger partial charge in [0.05, 0.1) is 10.9 Å². The third kappa shape index (κ3) is 3.30. The molecule has 2 aromatic heterocycles. The first kappa shape index (κ1) is 17.6. The summed E-state index contributed by atoms with van der Waals surface area (Å²) < 4.78 is 2.05. The van der Waals surface area contributed by atoms with Gasteiger partial charge in [-0.3, -0.25) is 9.36 Å². The predicted molar refractivity (Wildman–Crippen MR) is 111 cm³/mol. The molecular weight excluding hydrogens is 354 g/mol. The number of rotatable bonds is 5. The monoisotopic (exact) mass is 375 g/mol. The molecule has 136 valence electrons. The highest BCUT2D eigenvalue weighted by molar-refractivity contribution is 8.00. The van der Waals surface area contributed by atoms with E-state index < -0.39 is 0 Å². The number of hydrogen-bond acceptors (Lipinski definition) is 3. The second-order valence-corrected chi connectivity index (χ2v) is 8.05. The number of ketones is 1. The lowest BCUT2D eigenvalue weighted by Crippen LogP contribution is -2.14. The maximum atomic E-state index is 13.0. The van der Waals surface area contributed by atoms with Crippen molar-refractivity contribution >= 4 is 28.4 Å². The summed E-state index contributed by atoms with van der Waals surface area (Å²) in [5.41, 5.74) is 5.22. The van der Waals surface area contributed by atoms with Crippen molar-refractivity contribution in [3.05, 3.63) is 77.7 Å². The van der Waals surface area contributed by atoms with Crippen LogP contribution in [-0.4, -0.2) is 25.6 Å². The van der Waals surface area contributed by atoms with Gasteiger partial charge in [0.1, 0.15) is 0 Å². The molecule has 0 aliphatic carbocycles. The van der Waals surface area contributed by atoms with Gasteiger partial charge in [0.25, 0.3) is 0 Å². The molecule has 0 spiro atoms. The largest absolute Gasteiger partial charge is 0.360 e. The molecule has 2 aromatic carbocycles. The highest BCUT2D eigenvalue weighted by Crippen LogP contribution is 2.29. The Hall–Kier alpha value is -2.79. The number of hydrogen-bond donors (Lipinski definition) is 1. The number of carbonyl (C=O) groups excluding carboxylic acids is 1. The first-order chi connectivity index (χ1) is 13.0. The molecule has 1 N–H and O–H groups in total. The second-order valence-electron chi connectivity index (χ2n) is 6.74. The lowest BCUT2D eigenvalue weighted by Gasteiger charge is -2.14. The van der Waals surface area contributed by atoms with Gasteiger partial charge in [0.15, 0.2) is 10.9 Å². The molecular formula is C22H21N3OS. The van der Waals surface area contributed by atoms with Crippen LogP contribution in [0.2, 0.25) is 0 Å². The maximum Gasteiger partial charge on any atom is 0.178 e. The fraction of sp³-hybridized carbons (Fsp3) is 0.182. The summed E-state index contributed by atoms with van der Waals surface area (Å²) in [7, 11) is 0. The smallest absolute Gasteiger partial charge is 0.178 e. The minimum Gasteiger partial charge on any atom is -0.360 e. The number of fused-ring (bicyclic) bond motifs is 1. The number of aryl methyl sites for hydroxylation is 2. The summed E-state index contributed by atoms with van der Waals surface area (Å²) in [6.45, 7) is 6.12. The number of benzene rings is 2. The number of imidazole rings is 1. The highest BCUT2D eigenvalue weighted by atomic mass is 32.2. The van der Waals surface area contributed by atoms with E-state index in [0.29, 0.717) is 0 Å². The zero-order valence-corrected chi connectivity index (χ0v) is 16.4. The van der Waals surface area contributed by atoms with E-state index in [1.165, 1.54) is 22.9 Å². The number of carbonyl (C=O) groups is 1. The minimum atomic E-state index is -0.240. The average Bonchev–Trinajstić information content (AvgIpc) is 3.28. The van der Waals surface area contributed by atoms with Gasteiger partial charge >= 0.3 is 0 Å². The van der Waals surface area contributed by atoms with Crippen LogP contribution in [0, 0.1) is 13.8 Å². The SMILES string of the molecule is Cc1ccc(-n2ccnc2S[C@@H](C)C(=O)c2c[nH]c3ccccc23)c(C)c1. The van der Waals surface area contributed by atoms with Crippen molar-refractivity contribution < 1.29 is 4.79 Å². The number of aromatic nitrogens is 3. The molecule has 0 saturated carbocycles. The van der Waals surface area contributed by atoms with Gasteiger partial charge < -0.3 is 4.98 Å². The third-order valence-corrected chi connectivity index (χ3v) is 5.81. The topological polar surface area (TPSA) is 50.7 Å². The van der Waals surface area contributed by atoms with E-state index in [0.717, 1.165) is 27.3 Å². The third-order valence-electron chi connectivity index (χ3n) is 4.72. The molecule has 5 heteroatoms. The van der Waals surface area contributed by atoms with E-state index in [9.17, 15) is 4.79 Å². The molecule has 0 radical (unpaired) electrons. The van der Waals surface area contributed by atoms with Crippen LogP contribution in [0.25, 0.3) is 16.6 Å². The predicted octanol–water partition coefficient (Wildman–Crippen LogP) is 5.33. The Morgan fingerprint density at radius 3 is 2.81 bits per heavy atom. The molecule has 4 rings (SSSR count). The van der Waals surface area contributed by atoms with E-state index in [-0.39, 0.29) is 11.0 Å². The lowest BCUT2D eigenvalue weighted by molar-refractivity contribution is 0.0995. The van der Waals surface area contributed by atoms with Crippen LogP contribution >= 0.6 is 11.8 Å². The molecule has 0 fully saturated rings. The number of nitrogens with one attached hydrogen (secondary N) is 1. The number of Topliss-reactive ketones (excluding diaryl/α,β-unsaturated/α-hetero) is 1. The number of nitrogens with zero attached hydrogens (tertiary/aromatic N) is 2. The van der Waals surface area contributed by atoms with Crippen LogP contribution in [-0.2, 0) is 0 Å². The normalized spacial score (nSPS) is 12.4. The van der Waals surface area contributed by atoms with Crippen LogP contribution in [0.4, 0.5) is 0 Å². The molecule has 0 aliphatic rings. The molecule has 4 aromatic rings. The number of aromatic amines is 1. The van der Waals surface area contributed by atoms with Crippen molar-refractivity contribution in [3.63, 3.8) is 0 Å². The quantitative estimate of drug-likeness (QED) is 0.379. The van der Waals surface area contributed by atoms with Gasteiger partial charge in [-0.25, -0.2) is 4.98 Å². The summed E-state index contributed by atoms with van der Waals surface area (Å²) in [6.07, 6.45) is 5.54. The first-order valence-electron chi connectivity index (χ1n) is 8.92. The van der Waals surface area contributed by atoms with Crippen molar-refractivity contribution in [1.29, 1.82) is 0 Å². The maximum absolute atomic E-state index is 13.0. The van der Waals surface area contributed by atoms with E-state index in [1.807, 2.05) is 37.4 Å². The van der Waals surface area contributed by atoms with Crippen molar-refractivity contribution in [2.75, 3.05) is 0 Å². The molecule has 0 amide bonds. The molecule has 1 atom stereocenters. The Bertz CT molecular complexity index is 1130. The van der Waals surface area contributed by atoms with Gasteiger partial charge in [0, 0.05) is 35.1 Å². The zero-order chi connectivity index (χ0) is 19.0. The number of H-pyrrole nitrogens is 1. The summed E-state index contributed by atoms with van der Waals surface area (Å²) in [6, 6.07) is 14.2. The van der Waals surface area contributed by atoms with E-state index in [1.54, 1.807) is 12.4 Å². The molecule has 0 unspecified atom stereocenters. The Morgan fingerprint density at radius 1 is 1.19 bits per heavy atom. The van der Waals surface area contributed by atoms with Gasteiger partial charge in [-0.2, -0.15) is 0 Å². The van der Waals surface area contributed by atoms with Gasteiger partial charge in [-0.05, 0) is 38.5 Å². The van der Waals surface area contributed by atoms with Crippen molar-refractivity contribution in [2.45, 2.75) is 31.2 Å². The molecule has 0 saturated heterocycles. The summed E-state index contributed by atoms with van der Waals surface area (Å²) in [5, 5.41) is 1.55. The van der Waals surface area contributed by atoms with Crippen molar-refractivity contribution in [2.24, 2.45) is 0 Å². The molecule has 27 heavy (non-hydrogen) atoms. The summed E-state index contributed by atoms with van der Waals surface area (Å²) >= 11 is 1.49. The highest BCUT2D eigenvalue weighted by Gasteiger charge is 2.22. The van der Waals surface area contributed by atoms with Crippen LogP contribution in [0.5, 0.6) is 0 Å². The summed E-state index contributed by atoms with van der Waals surface area (Å²) in [4.78, 5) is 20.7. The molecule has 4 nitrogen and oxygen atoms in total. The standard InChI is InChI=1S/C22H21N3OS/c1-14-8-9-20(15(2)12-14)25-11-10-23-22(25)27-16(3)21(26)18-13-24-19-7-5-4-6-17(18)19/h4-13,16,24H,1-3H3/t16-/m0/s1. The lowest BCUT2D eigenvalue weighted by atomic mass is 10.1. The van der Waals surface area contributed by atoms with Crippen molar-refractivity contribution in [3.8, 4) is 5.69 Å². The number of thioether (sulfide) groups is 1.